The molecule has 1 aliphatic heterocycles. The number of carbonyl (C=O) groups excluding carboxylic acids is 1. The molecule has 2 aromatic rings. The van der Waals surface area contributed by atoms with Crippen LogP contribution in [0.15, 0.2) is 54.6 Å². The number of hydrogen-bond donors (Lipinski definition) is 2. The molecule has 1 aliphatic rings. The Labute approximate surface area is 141 Å². The fourth-order valence-corrected chi connectivity index (χ4v) is 3.04. The topological polar surface area (TPSA) is 44.4 Å². The van der Waals surface area contributed by atoms with Crippen molar-refractivity contribution in [3.63, 3.8) is 0 Å². The van der Waals surface area contributed by atoms with Crippen molar-refractivity contribution < 1.29 is 9.18 Å². The molecular formula is C19H22FN3O. The summed E-state index contributed by atoms with van der Waals surface area (Å²) in [5, 5.41) is 0. The maximum atomic E-state index is 13.3. The summed E-state index contributed by atoms with van der Waals surface area (Å²) in [6.07, 6.45) is 0.697. The number of hydrazine groups is 1. The zero-order valence-electron chi connectivity index (χ0n) is 13.7. The normalized spacial score (nSPS) is 20.1. The summed E-state index contributed by atoms with van der Waals surface area (Å²) in [5.41, 5.74) is 8.26. The van der Waals surface area contributed by atoms with Gasteiger partial charge in [0.25, 0.3) is 0 Å². The molecule has 2 N–H and O–H groups in total. The van der Waals surface area contributed by atoms with Crippen LogP contribution in [0.1, 0.15) is 30.5 Å². The van der Waals surface area contributed by atoms with E-state index in [4.69, 9.17) is 0 Å². The highest BCUT2D eigenvalue weighted by atomic mass is 19.1. The highest BCUT2D eigenvalue weighted by Gasteiger charge is 2.32. The number of likely N-dealkylation sites (N-methyl/N-ethyl adjacent to an activating group) is 1. The average Bonchev–Trinajstić information content (AvgIpc) is 3.10. The molecule has 1 heterocycles. The zero-order valence-corrected chi connectivity index (χ0v) is 13.7. The largest absolute Gasteiger partial charge is 0.337 e. The lowest BCUT2D eigenvalue weighted by molar-refractivity contribution is -0.133. The first-order valence-corrected chi connectivity index (χ1v) is 8.26. The van der Waals surface area contributed by atoms with E-state index in [1.165, 1.54) is 12.1 Å². The number of benzene rings is 2. The number of carbonyl (C=O) groups is 1. The van der Waals surface area contributed by atoms with E-state index in [-0.39, 0.29) is 23.8 Å². The van der Waals surface area contributed by atoms with Crippen LogP contribution in [0.25, 0.3) is 0 Å². The molecule has 1 amide bonds. The van der Waals surface area contributed by atoms with Gasteiger partial charge < -0.3 is 4.90 Å². The summed E-state index contributed by atoms with van der Waals surface area (Å²) in [6, 6.07) is 16.3. The van der Waals surface area contributed by atoms with E-state index < -0.39 is 0 Å². The Morgan fingerprint density at radius 2 is 1.96 bits per heavy atom. The quantitative estimate of drug-likeness (QED) is 0.887. The van der Waals surface area contributed by atoms with Crippen LogP contribution in [0, 0.1) is 5.82 Å². The smallest absolute Gasteiger partial charge is 0.241 e. The Balaban J connectivity index is 1.64. The van der Waals surface area contributed by atoms with Crippen molar-refractivity contribution in [2.24, 2.45) is 0 Å². The first kappa shape index (κ1) is 16.6. The van der Waals surface area contributed by atoms with Crippen LogP contribution >= 0.6 is 0 Å². The van der Waals surface area contributed by atoms with E-state index >= 15 is 0 Å². The lowest BCUT2D eigenvalue weighted by Crippen LogP contribution is -2.45. The molecule has 1 saturated heterocycles. The first-order valence-electron chi connectivity index (χ1n) is 8.26. The number of amides is 1. The van der Waals surface area contributed by atoms with Crippen molar-refractivity contribution in [1.82, 2.24) is 15.8 Å². The fraction of sp³-hybridized carbons (Fsp3) is 0.316. The van der Waals surface area contributed by atoms with Gasteiger partial charge in [-0.25, -0.2) is 15.2 Å². The number of nitrogens with zero attached hydrogens (tertiary/aromatic N) is 1. The number of rotatable bonds is 5. The fourth-order valence-electron chi connectivity index (χ4n) is 3.04. The van der Waals surface area contributed by atoms with Crippen molar-refractivity contribution in [3.05, 3.63) is 71.5 Å². The van der Waals surface area contributed by atoms with E-state index in [9.17, 15) is 9.18 Å². The van der Waals surface area contributed by atoms with Gasteiger partial charge in [-0.1, -0.05) is 42.5 Å². The second kappa shape index (κ2) is 7.55. The van der Waals surface area contributed by atoms with E-state index in [1.54, 1.807) is 11.0 Å². The van der Waals surface area contributed by atoms with Crippen molar-refractivity contribution in [2.45, 2.75) is 32.0 Å². The molecule has 5 heteroatoms. The Morgan fingerprint density at radius 3 is 2.67 bits per heavy atom. The van der Waals surface area contributed by atoms with E-state index in [2.05, 4.69) is 23.0 Å². The summed E-state index contributed by atoms with van der Waals surface area (Å²) in [5.74, 6) is -0.242. The molecule has 0 aliphatic carbocycles. The highest BCUT2D eigenvalue weighted by molar-refractivity contribution is 5.82. The monoisotopic (exact) mass is 327 g/mol. The van der Waals surface area contributed by atoms with Gasteiger partial charge in [-0.2, -0.15) is 0 Å². The van der Waals surface area contributed by atoms with Gasteiger partial charge in [0.05, 0.1) is 0 Å². The third-order valence-electron chi connectivity index (χ3n) is 4.36. The molecule has 2 atom stereocenters. The second-order valence-corrected chi connectivity index (χ2v) is 6.02. The summed E-state index contributed by atoms with van der Waals surface area (Å²) < 4.78 is 13.3. The van der Waals surface area contributed by atoms with Gasteiger partial charge in [-0.05, 0) is 36.6 Å². The highest BCUT2D eigenvalue weighted by Crippen LogP contribution is 2.23. The summed E-state index contributed by atoms with van der Waals surface area (Å²) >= 11 is 0. The average molecular weight is 327 g/mol. The molecule has 0 saturated carbocycles. The molecule has 24 heavy (non-hydrogen) atoms. The second-order valence-electron chi connectivity index (χ2n) is 6.02. The maximum Gasteiger partial charge on any atom is 0.241 e. The molecule has 0 aromatic heterocycles. The first-order chi connectivity index (χ1) is 11.7. The molecule has 4 nitrogen and oxygen atoms in total. The maximum absolute atomic E-state index is 13.3. The SMILES string of the molecule is CCN(Cc1cccc(F)c1)C(=O)C1CC(c2ccccc2)NN1. The molecule has 126 valence electrons. The van der Waals surface area contributed by atoms with E-state index in [0.29, 0.717) is 19.5 Å². The van der Waals surface area contributed by atoms with Crippen LogP contribution in [0.3, 0.4) is 0 Å². The van der Waals surface area contributed by atoms with Gasteiger partial charge in [-0.3, -0.25) is 4.79 Å². The Kier molecular flexibility index (Phi) is 5.23. The molecular weight excluding hydrogens is 305 g/mol. The van der Waals surface area contributed by atoms with Crippen molar-refractivity contribution in [3.8, 4) is 0 Å². The van der Waals surface area contributed by atoms with Crippen LogP contribution in [0.2, 0.25) is 0 Å². The third-order valence-corrected chi connectivity index (χ3v) is 4.36. The predicted octanol–water partition coefficient (Wildman–Crippen LogP) is 2.78. The Bertz CT molecular complexity index is 692. The van der Waals surface area contributed by atoms with Gasteiger partial charge in [0.2, 0.25) is 5.91 Å². The van der Waals surface area contributed by atoms with Crippen LogP contribution < -0.4 is 10.9 Å². The molecule has 3 rings (SSSR count). The minimum absolute atomic E-state index is 0.0349. The van der Waals surface area contributed by atoms with Crippen molar-refractivity contribution >= 4 is 5.91 Å². The predicted molar refractivity (Wildman–Crippen MR) is 91.4 cm³/mol. The number of halogens is 1. The van der Waals surface area contributed by atoms with Crippen molar-refractivity contribution in [1.29, 1.82) is 0 Å². The summed E-state index contributed by atoms with van der Waals surface area (Å²) in [4.78, 5) is 14.5. The van der Waals surface area contributed by atoms with Gasteiger partial charge >= 0.3 is 0 Å². The summed E-state index contributed by atoms with van der Waals surface area (Å²) in [6.45, 7) is 2.94. The minimum Gasteiger partial charge on any atom is -0.337 e. The van der Waals surface area contributed by atoms with Gasteiger partial charge in [-0.15, -0.1) is 0 Å². The lowest BCUT2D eigenvalue weighted by Gasteiger charge is -2.24. The van der Waals surface area contributed by atoms with Gasteiger partial charge in [0.1, 0.15) is 11.9 Å². The van der Waals surface area contributed by atoms with Crippen molar-refractivity contribution in [2.75, 3.05) is 6.54 Å². The van der Waals surface area contributed by atoms with Crippen LogP contribution in [-0.2, 0) is 11.3 Å². The van der Waals surface area contributed by atoms with Crippen LogP contribution in [0.5, 0.6) is 0 Å². The van der Waals surface area contributed by atoms with E-state index in [1.807, 2.05) is 31.2 Å². The zero-order chi connectivity index (χ0) is 16.9. The Morgan fingerprint density at radius 1 is 1.17 bits per heavy atom. The number of nitrogens with one attached hydrogen (secondary N) is 2. The van der Waals surface area contributed by atoms with Gasteiger partial charge in [0.15, 0.2) is 0 Å². The van der Waals surface area contributed by atoms with E-state index in [0.717, 1.165) is 11.1 Å². The molecule has 0 bridgehead atoms. The molecule has 0 spiro atoms. The number of hydrogen-bond acceptors (Lipinski definition) is 3. The summed E-state index contributed by atoms with van der Waals surface area (Å²) in [7, 11) is 0. The molecule has 1 fully saturated rings. The standard InChI is InChI=1S/C19H22FN3O/c1-2-23(13-14-7-6-10-16(20)11-14)19(24)18-12-17(21-22-18)15-8-4-3-5-9-15/h3-11,17-18,21-22H,2,12-13H2,1H3. The minimum atomic E-state index is -0.277. The lowest BCUT2D eigenvalue weighted by atomic mass is 10.0. The molecule has 2 aromatic carbocycles. The molecule has 0 radical (unpaired) electrons. The molecule has 2 unspecified atom stereocenters. The van der Waals surface area contributed by atoms with Crippen LogP contribution in [0.4, 0.5) is 4.39 Å². The van der Waals surface area contributed by atoms with Crippen LogP contribution in [-0.4, -0.2) is 23.4 Å². The Hall–Kier alpha value is -2.24. The van der Waals surface area contributed by atoms with Gasteiger partial charge in [0, 0.05) is 19.1 Å². The third kappa shape index (κ3) is 3.80.